The summed E-state index contributed by atoms with van der Waals surface area (Å²) < 4.78 is 13.0. The minimum Gasteiger partial charge on any atom is -0.467 e. The number of hydrogen-bond acceptors (Lipinski definition) is 5. The molecule has 3 atom stereocenters. The zero-order valence-electron chi connectivity index (χ0n) is 13.7. The quantitative estimate of drug-likeness (QED) is 0.882. The van der Waals surface area contributed by atoms with Gasteiger partial charge in [-0.25, -0.2) is 0 Å². The molecule has 0 spiro atoms. The normalized spacial score (nSPS) is 26.6. The Hall–Kier alpha value is -2.12. The van der Waals surface area contributed by atoms with Crippen molar-refractivity contribution in [3.63, 3.8) is 0 Å². The van der Waals surface area contributed by atoms with Gasteiger partial charge in [0.2, 0.25) is 5.91 Å². The number of amides is 1. The van der Waals surface area contributed by atoms with Crippen molar-refractivity contribution in [1.29, 1.82) is 0 Å². The minimum atomic E-state index is -0.135. The molecule has 0 radical (unpaired) electrons. The Bertz CT molecular complexity index is 697. The van der Waals surface area contributed by atoms with Crippen LogP contribution in [0.5, 0.6) is 0 Å². The van der Waals surface area contributed by atoms with E-state index in [1.807, 2.05) is 36.3 Å². The minimum absolute atomic E-state index is 0.0155. The highest BCUT2D eigenvalue weighted by atomic mass is 16.5. The number of ether oxygens (including phenoxy) is 1. The van der Waals surface area contributed by atoms with Crippen molar-refractivity contribution in [1.82, 2.24) is 20.0 Å². The van der Waals surface area contributed by atoms with E-state index in [1.54, 1.807) is 6.26 Å². The van der Waals surface area contributed by atoms with Crippen LogP contribution in [0.3, 0.4) is 0 Å². The smallest absolute Gasteiger partial charge is 0.227 e. The maximum Gasteiger partial charge on any atom is 0.227 e. The molecule has 2 aromatic heterocycles. The molecule has 2 aromatic rings. The summed E-state index contributed by atoms with van der Waals surface area (Å²) in [7, 11) is 1.92. The summed E-state index contributed by atoms with van der Waals surface area (Å²) in [4.78, 5) is 15.0. The first-order chi connectivity index (χ1) is 11.7. The van der Waals surface area contributed by atoms with E-state index in [9.17, 15) is 4.79 Å². The van der Waals surface area contributed by atoms with Gasteiger partial charge in [-0.1, -0.05) is 0 Å². The van der Waals surface area contributed by atoms with Gasteiger partial charge in [-0.15, -0.1) is 0 Å². The Labute approximate surface area is 140 Å². The molecule has 7 heteroatoms. The van der Waals surface area contributed by atoms with Crippen LogP contribution in [0.15, 0.2) is 35.2 Å². The zero-order chi connectivity index (χ0) is 16.5. The molecule has 0 unspecified atom stereocenters. The average molecular weight is 330 g/mol. The molecular formula is C17H22N4O3. The van der Waals surface area contributed by atoms with Crippen LogP contribution in [-0.2, 0) is 29.7 Å². The number of furan rings is 1. The molecule has 0 aliphatic carbocycles. The molecule has 7 nitrogen and oxygen atoms in total. The summed E-state index contributed by atoms with van der Waals surface area (Å²) in [6.45, 7) is 2.66. The molecule has 1 amide bonds. The molecule has 4 heterocycles. The number of carbonyl (C=O) groups is 1. The number of nitrogens with one attached hydrogen (secondary N) is 1. The molecule has 1 N–H and O–H groups in total. The second kappa shape index (κ2) is 6.41. The number of aromatic nitrogens is 2. The summed E-state index contributed by atoms with van der Waals surface area (Å²) in [5.74, 6) is 0.665. The molecule has 2 fully saturated rings. The van der Waals surface area contributed by atoms with Gasteiger partial charge in [-0.2, -0.15) is 5.10 Å². The first kappa shape index (κ1) is 15.4. The fourth-order valence-corrected chi connectivity index (χ4v) is 3.79. The van der Waals surface area contributed by atoms with Gasteiger partial charge in [-0.3, -0.25) is 14.4 Å². The van der Waals surface area contributed by atoms with E-state index in [1.165, 1.54) is 5.56 Å². The molecule has 0 saturated carbocycles. The third kappa shape index (κ3) is 2.97. The van der Waals surface area contributed by atoms with Crippen LogP contribution < -0.4 is 5.32 Å². The largest absolute Gasteiger partial charge is 0.467 e. The summed E-state index contributed by atoms with van der Waals surface area (Å²) in [5.41, 5.74) is 1.17. The van der Waals surface area contributed by atoms with E-state index in [2.05, 4.69) is 15.3 Å². The molecule has 0 aromatic carbocycles. The van der Waals surface area contributed by atoms with Crippen LogP contribution in [-0.4, -0.2) is 45.9 Å². The van der Waals surface area contributed by atoms with Gasteiger partial charge < -0.3 is 14.5 Å². The van der Waals surface area contributed by atoms with Crippen LogP contribution in [0.25, 0.3) is 0 Å². The molecule has 0 bridgehead atoms. The Morgan fingerprint density at radius 3 is 3.17 bits per heavy atom. The topological polar surface area (TPSA) is 72.5 Å². The first-order valence-corrected chi connectivity index (χ1v) is 8.34. The highest BCUT2D eigenvalue weighted by Gasteiger charge is 2.48. The third-order valence-electron chi connectivity index (χ3n) is 4.90. The number of aryl methyl sites for hydroxylation is 1. The molecule has 2 saturated heterocycles. The fourth-order valence-electron chi connectivity index (χ4n) is 3.79. The predicted molar refractivity (Wildman–Crippen MR) is 85.8 cm³/mol. The number of hydrogen-bond donors (Lipinski definition) is 1. The van der Waals surface area contributed by atoms with Gasteiger partial charge in [-0.05, 0) is 18.6 Å². The Morgan fingerprint density at radius 2 is 2.42 bits per heavy atom. The van der Waals surface area contributed by atoms with E-state index in [0.717, 1.165) is 25.3 Å². The van der Waals surface area contributed by atoms with Gasteiger partial charge in [0.1, 0.15) is 5.76 Å². The standard InChI is InChI=1S/C17H22N4O3/c1-20-9-12(7-19-20)10-21-11-14(16-15(21)4-6-24-16)17(22)18-8-13-3-2-5-23-13/h2-3,5,7,9,14-16H,4,6,8,10-11H2,1H3,(H,18,22)/t14-,15+,16+/m0/s1. The van der Waals surface area contributed by atoms with Crippen LogP contribution in [0.1, 0.15) is 17.7 Å². The Morgan fingerprint density at radius 1 is 1.50 bits per heavy atom. The van der Waals surface area contributed by atoms with Crippen LogP contribution in [0, 0.1) is 5.92 Å². The van der Waals surface area contributed by atoms with Crippen molar-refractivity contribution in [3.05, 3.63) is 42.1 Å². The highest BCUT2D eigenvalue weighted by molar-refractivity contribution is 5.80. The monoisotopic (exact) mass is 330 g/mol. The van der Waals surface area contributed by atoms with Crippen molar-refractivity contribution in [2.45, 2.75) is 31.7 Å². The lowest BCUT2D eigenvalue weighted by Gasteiger charge is -2.21. The predicted octanol–water partition coefficient (Wildman–Crippen LogP) is 0.919. The van der Waals surface area contributed by atoms with Gasteiger partial charge in [0, 0.05) is 44.5 Å². The molecule has 2 aliphatic rings. The highest BCUT2D eigenvalue weighted by Crippen LogP contribution is 2.34. The lowest BCUT2D eigenvalue weighted by atomic mass is 10.0. The number of carbonyl (C=O) groups excluding carboxylic acids is 1. The lowest BCUT2D eigenvalue weighted by Crippen LogP contribution is -2.37. The van der Waals surface area contributed by atoms with Crippen molar-refractivity contribution >= 4 is 5.91 Å². The Kier molecular flexibility index (Phi) is 4.12. The molecule has 128 valence electrons. The SMILES string of the molecule is Cn1cc(CN2C[C@H](C(=O)NCc3ccco3)[C@H]3OCC[C@H]32)cn1. The van der Waals surface area contributed by atoms with E-state index in [4.69, 9.17) is 9.15 Å². The summed E-state index contributed by atoms with van der Waals surface area (Å²) >= 11 is 0. The maximum absolute atomic E-state index is 12.6. The third-order valence-corrected chi connectivity index (χ3v) is 4.90. The van der Waals surface area contributed by atoms with Gasteiger partial charge in [0.05, 0.1) is 31.0 Å². The lowest BCUT2D eigenvalue weighted by molar-refractivity contribution is -0.127. The van der Waals surface area contributed by atoms with E-state index < -0.39 is 0 Å². The summed E-state index contributed by atoms with van der Waals surface area (Å²) in [6.07, 6.45) is 6.48. The van der Waals surface area contributed by atoms with E-state index in [-0.39, 0.29) is 17.9 Å². The summed E-state index contributed by atoms with van der Waals surface area (Å²) in [6, 6.07) is 3.99. The van der Waals surface area contributed by atoms with Crippen LogP contribution in [0.4, 0.5) is 0 Å². The van der Waals surface area contributed by atoms with Gasteiger partial charge in [0.15, 0.2) is 0 Å². The van der Waals surface area contributed by atoms with Crippen molar-refractivity contribution in [2.75, 3.05) is 13.2 Å². The molecular weight excluding hydrogens is 308 g/mol. The van der Waals surface area contributed by atoms with Crippen molar-refractivity contribution < 1.29 is 13.9 Å². The molecule has 24 heavy (non-hydrogen) atoms. The number of rotatable bonds is 5. The van der Waals surface area contributed by atoms with Gasteiger partial charge in [0.25, 0.3) is 0 Å². The van der Waals surface area contributed by atoms with E-state index in [0.29, 0.717) is 19.1 Å². The van der Waals surface area contributed by atoms with Gasteiger partial charge >= 0.3 is 0 Å². The average Bonchev–Trinajstić information content (AvgIpc) is 3.31. The van der Waals surface area contributed by atoms with Crippen LogP contribution in [0.2, 0.25) is 0 Å². The Balaban J connectivity index is 1.41. The number of likely N-dealkylation sites (tertiary alicyclic amines) is 1. The van der Waals surface area contributed by atoms with Crippen LogP contribution >= 0.6 is 0 Å². The molecule has 2 aliphatic heterocycles. The first-order valence-electron chi connectivity index (χ1n) is 8.34. The van der Waals surface area contributed by atoms with E-state index >= 15 is 0 Å². The zero-order valence-corrected chi connectivity index (χ0v) is 13.7. The number of nitrogens with zero attached hydrogens (tertiary/aromatic N) is 3. The molecule has 4 rings (SSSR count). The second-order valence-electron chi connectivity index (χ2n) is 6.55. The second-order valence-corrected chi connectivity index (χ2v) is 6.55. The van der Waals surface area contributed by atoms with Crippen molar-refractivity contribution in [3.8, 4) is 0 Å². The maximum atomic E-state index is 12.6. The van der Waals surface area contributed by atoms with Crippen molar-refractivity contribution in [2.24, 2.45) is 13.0 Å². The number of fused-ring (bicyclic) bond motifs is 1. The fraction of sp³-hybridized carbons (Fsp3) is 0.529. The summed E-state index contributed by atoms with van der Waals surface area (Å²) in [5, 5.41) is 7.20.